The molecule has 0 radical (unpaired) electrons. The van der Waals surface area contributed by atoms with Crippen LogP contribution in [-0.2, 0) is 17.6 Å². The SMILES string of the molecule is CCCc1cc(Oc2ccc(OC)cc2)ccc1OCCCCCc1cccc(C2SC(=O)NC2=O)c1. The zero-order chi connectivity index (χ0) is 26.0. The van der Waals surface area contributed by atoms with Gasteiger partial charge in [-0.3, -0.25) is 14.9 Å². The molecule has 1 unspecified atom stereocenters. The summed E-state index contributed by atoms with van der Waals surface area (Å²) in [5, 5.41) is 1.64. The fraction of sp³-hybridized carbons (Fsp3) is 0.333. The summed E-state index contributed by atoms with van der Waals surface area (Å²) in [5.74, 6) is 3.04. The second kappa shape index (κ2) is 13.2. The molecule has 2 amide bonds. The van der Waals surface area contributed by atoms with Crippen LogP contribution in [0.5, 0.6) is 23.0 Å². The highest BCUT2D eigenvalue weighted by Crippen LogP contribution is 2.34. The van der Waals surface area contributed by atoms with E-state index in [4.69, 9.17) is 14.2 Å². The number of benzene rings is 3. The molecule has 0 saturated carbocycles. The molecule has 3 aromatic rings. The third kappa shape index (κ3) is 7.52. The van der Waals surface area contributed by atoms with Crippen molar-refractivity contribution in [1.82, 2.24) is 5.32 Å². The van der Waals surface area contributed by atoms with Gasteiger partial charge in [0.2, 0.25) is 5.91 Å². The predicted octanol–water partition coefficient (Wildman–Crippen LogP) is 7.26. The van der Waals surface area contributed by atoms with Gasteiger partial charge in [-0.05, 0) is 103 Å². The molecule has 37 heavy (non-hydrogen) atoms. The maximum atomic E-state index is 12.0. The van der Waals surface area contributed by atoms with Crippen LogP contribution < -0.4 is 19.5 Å². The van der Waals surface area contributed by atoms with Crippen molar-refractivity contribution in [1.29, 1.82) is 0 Å². The number of hydrogen-bond donors (Lipinski definition) is 1. The number of ether oxygens (including phenoxy) is 3. The van der Waals surface area contributed by atoms with Crippen LogP contribution in [0.2, 0.25) is 0 Å². The number of methoxy groups -OCH3 is 1. The molecule has 1 heterocycles. The highest BCUT2D eigenvalue weighted by atomic mass is 32.2. The zero-order valence-electron chi connectivity index (χ0n) is 21.3. The number of aryl methyl sites for hydroxylation is 2. The van der Waals surface area contributed by atoms with E-state index in [1.54, 1.807) is 7.11 Å². The van der Waals surface area contributed by atoms with E-state index in [1.807, 2.05) is 54.6 Å². The fourth-order valence-electron chi connectivity index (χ4n) is 4.28. The minimum absolute atomic E-state index is 0.230. The van der Waals surface area contributed by atoms with Crippen LogP contribution in [0.4, 0.5) is 4.79 Å². The first-order valence-electron chi connectivity index (χ1n) is 12.7. The van der Waals surface area contributed by atoms with Crippen LogP contribution >= 0.6 is 11.8 Å². The molecule has 194 valence electrons. The van der Waals surface area contributed by atoms with E-state index in [-0.39, 0.29) is 11.1 Å². The van der Waals surface area contributed by atoms with E-state index in [1.165, 1.54) is 5.56 Å². The molecule has 4 rings (SSSR count). The Labute approximate surface area is 222 Å². The molecular formula is C30H33NO5S. The van der Waals surface area contributed by atoms with E-state index >= 15 is 0 Å². The van der Waals surface area contributed by atoms with Crippen LogP contribution in [0.3, 0.4) is 0 Å². The average molecular weight is 520 g/mol. The van der Waals surface area contributed by atoms with Gasteiger partial charge in [0, 0.05) is 0 Å². The first-order chi connectivity index (χ1) is 18.1. The largest absolute Gasteiger partial charge is 0.497 e. The van der Waals surface area contributed by atoms with Crippen LogP contribution in [-0.4, -0.2) is 24.9 Å². The Kier molecular flexibility index (Phi) is 9.49. The Bertz CT molecular complexity index is 1210. The molecular weight excluding hydrogens is 486 g/mol. The van der Waals surface area contributed by atoms with Crippen LogP contribution in [0.15, 0.2) is 66.7 Å². The summed E-state index contributed by atoms with van der Waals surface area (Å²) in [7, 11) is 1.65. The van der Waals surface area contributed by atoms with Gasteiger partial charge in [0.1, 0.15) is 28.2 Å². The number of nitrogens with one attached hydrogen (secondary N) is 1. The molecule has 6 nitrogen and oxygen atoms in total. The Hall–Kier alpha value is -3.45. The van der Waals surface area contributed by atoms with Crippen molar-refractivity contribution in [2.75, 3.05) is 13.7 Å². The van der Waals surface area contributed by atoms with Crippen molar-refractivity contribution in [3.05, 3.63) is 83.4 Å². The van der Waals surface area contributed by atoms with Crippen molar-refractivity contribution in [2.24, 2.45) is 0 Å². The van der Waals surface area contributed by atoms with E-state index in [0.29, 0.717) is 6.61 Å². The zero-order valence-corrected chi connectivity index (χ0v) is 22.1. The summed E-state index contributed by atoms with van der Waals surface area (Å²) >= 11 is 1.05. The molecule has 1 atom stereocenters. The first kappa shape index (κ1) is 26.6. The smallest absolute Gasteiger partial charge is 0.286 e. The van der Waals surface area contributed by atoms with Gasteiger partial charge in [-0.1, -0.05) is 37.6 Å². The first-order valence-corrected chi connectivity index (χ1v) is 13.6. The minimum atomic E-state index is -0.439. The van der Waals surface area contributed by atoms with Gasteiger partial charge >= 0.3 is 0 Å². The Morgan fingerprint density at radius 3 is 2.38 bits per heavy atom. The normalized spacial score (nSPS) is 14.9. The Morgan fingerprint density at radius 1 is 0.865 bits per heavy atom. The molecule has 1 fully saturated rings. The highest BCUT2D eigenvalue weighted by molar-refractivity contribution is 8.15. The van der Waals surface area contributed by atoms with Crippen LogP contribution in [0.25, 0.3) is 0 Å². The van der Waals surface area contributed by atoms with Gasteiger partial charge in [-0.2, -0.15) is 0 Å². The monoisotopic (exact) mass is 519 g/mol. The van der Waals surface area contributed by atoms with Crippen molar-refractivity contribution in [3.8, 4) is 23.0 Å². The summed E-state index contributed by atoms with van der Waals surface area (Å²) in [6.45, 7) is 2.82. The Morgan fingerprint density at radius 2 is 1.65 bits per heavy atom. The molecule has 0 spiro atoms. The number of unbranched alkanes of at least 4 members (excludes halogenated alkanes) is 2. The third-order valence-electron chi connectivity index (χ3n) is 6.16. The summed E-state index contributed by atoms with van der Waals surface area (Å²) in [4.78, 5) is 23.4. The number of carbonyl (C=O) groups excluding carboxylic acids is 2. The minimum Gasteiger partial charge on any atom is -0.497 e. The fourth-order valence-corrected chi connectivity index (χ4v) is 5.10. The number of rotatable bonds is 13. The van der Waals surface area contributed by atoms with E-state index in [2.05, 4.69) is 24.4 Å². The van der Waals surface area contributed by atoms with E-state index in [9.17, 15) is 9.59 Å². The van der Waals surface area contributed by atoms with E-state index in [0.717, 1.165) is 84.4 Å². The highest BCUT2D eigenvalue weighted by Gasteiger charge is 2.32. The van der Waals surface area contributed by atoms with Crippen LogP contribution in [0.1, 0.15) is 54.5 Å². The van der Waals surface area contributed by atoms with Crippen molar-refractivity contribution >= 4 is 22.9 Å². The lowest BCUT2D eigenvalue weighted by Crippen LogP contribution is -2.20. The molecule has 0 aromatic heterocycles. The summed E-state index contributed by atoms with van der Waals surface area (Å²) < 4.78 is 17.4. The molecule has 7 heteroatoms. The second-order valence-electron chi connectivity index (χ2n) is 8.98. The van der Waals surface area contributed by atoms with Gasteiger partial charge in [0.05, 0.1) is 13.7 Å². The molecule has 3 aromatic carbocycles. The Balaban J connectivity index is 1.23. The number of carbonyl (C=O) groups is 2. The summed E-state index contributed by atoms with van der Waals surface area (Å²) in [6.07, 6.45) is 5.92. The van der Waals surface area contributed by atoms with Crippen molar-refractivity contribution in [3.63, 3.8) is 0 Å². The number of imide groups is 1. The van der Waals surface area contributed by atoms with Gasteiger partial charge < -0.3 is 14.2 Å². The van der Waals surface area contributed by atoms with Gasteiger partial charge in [-0.15, -0.1) is 0 Å². The van der Waals surface area contributed by atoms with Crippen molar-refractivity contribution < 1.29 is 23.8 Å². The lowest BCUT2D eigenvalue weighted by atomic mass is 10.0. The third-order valence-corrected chi connectivity index (χ3v) is 7.19. The number of amides is 2. The molecule has 1 N–H and O–H groups in total. The predicted molar refractivity (Wildman–Crippen MR) is 147 cm³/mol. The quantitative estimate of drug-likeness (QED) is 0.240. The number of thioether (sulfide) groups is 1. The molecule has 1 saturated heterocycles. The second-order valence-corrected chi connectivity index (χ2v) is 10.1. The molecule has 1 aliphatic rings. The molecule has 0 aliphatic carbocycles. The molecule has 0 bridgehead atoms. The molecule has 1 aliphatic heterocycles. The van der Waals surface area contributed by atoms with E-state index < -0.39 is 5.25 Å². The average Bonchev–Trinajstić information content (AvgIpc) is 3.25. The maximum Gasteiger partial charge on any atom is 0.286 e. The lowest BCUT2D eigenvalue weighted by Gasteiger charge is -2.14. The maximum absolute atomic E-state index is 12.0. The van der Waals surface area contributed by atoms with Gasteiger partial charge in [0.15, 0.2) is 0 Å². The van der Waals surface area contributed by atoms with Gasteiger partial charge in [0.25, 0.3) is 5.24 Å². The number of hydrogen-bond acceptors (Lipinski definition) is 6. The summed E-state index contributed by atoms with van der Waals surface area (Å²) in [5.41, 5.74) is 3.22. The summed E-state index contributed by atoms with van der Waals surface area (Å²) in [6, 6.07) is 21.5. The van der Waals surface area contributed by atoms with Gasteiger partial charge in [-0.25, -0.2) is 0 Å². The lowest BCUT2D eigenvalue weighted by molar-refractivity contribution is -0.119. The standard InChI is InChI=1S/C30H33NO5S/c1-3-8-22-20-26(36-25-14-12-24(34-2)13-15-25)16-17-27(22)35-18-6-4-5-9-21-10-7-11-23(19-21)28-29(32)31-30(33)37-28/h7,10-17,19-20,28H,3-6,8-9,18H2,1-2H3,(H,31,32,33). The van der Waals surface area contributed by atoms with Crippen molar-refractivity contribution in [2.45, 2.75) is 50.7 Å². The van der Waals surface area contributed by atoms with Crippen LogP contribution in [0, 0.1) is 0 Å². The topological polar surface area (TPSA) is 73.9 Å².